The minimum Gasteiger partial charge on any atom is -0.345 e. The van der Waals surface area contributed by atoms with E-state index in [0.717, 1.165) is 54.5 Å². The van der Waals surface area contributed by atoms with Crippen molar-refractivity contribution in [3.05, 3.63) is 66.0 Å². The Morgan fingerprint density at radius 2 is 1.83 bits per heavy atom. The zero-order valence-electron chi connectivity index (χ0n) is 16.1. The van der Waals surface area contributed by atoms with Gasteiger partial charge in [0.1, 0.15) is 0 Å². The fraction of sp³-hybridized carbons (Fsp3) is 0.364. The first-order chi connectivity index (χ1) is 13.3. The van der Waals surface area contributed by atoms with E-state index in [1.807, 2.05) is 24.3 Å². The van der Waals surface area contributed by atoms with Crippen molar-refractivity contribution in [3.8, 4) is 0 Å². The third kappa shape index (κ3) is 4.13. The smallest absolute Gasteiger partial charge is 0.224 e. The summed E-state index contributed by atoms with van der Waals surface area (Å²) in [5, 5.41) is 6.75. The summed E-state index contributed by atoms with van der Waals surface area (Å²) < 4.78 is 0. The number of nitrogens with zero attached hydrogens (tertiary/aromatic N) is 1. The van der Waals surface area contributed by atoms with E-state index >= 15 is 0 Å². The Kier molecular flexibility index (Phi) is 6.52. The van der Waals surface area contributed by atoms with Gasteiger partial charge in [-0.2, -0.15) is 0 Å². The molecule has 1 aromatic heterocycles. The molecule has 1 saturated carbocycles. The highest BCUT2D eigenvalue weighted by Gasteiger charge is 2.57. The van der Waals surface area contributed by atoms with Gasteiger partial charge in [-0.05, 0) is 61.0 Å². The van der Waals surface area contributed by atoms with Gasteiger partial charge in [0.05, 0.1) is 23.4 Å². The number of hydrogen-bond donors (Lipinski definition) is 3. The number of fused-ring (bicyclic) bond motifs is 1. The minimum absolute atomic E-state index is 0. The molecule has 1 aliphatic carbocycles. The van der Waals surface area contributed by atoms with Crippen LogP contribution in [-0.2, 0) is 4.79 Å². The van der Waals surface area contributed by atoms with E-state index in [1.165, 1.54) is 0 Å². The second kappa shape index (κ2) is 8.74. The van der Waals surface area contributed by atoms with E-state index in [4.69, 9.17) is 0 Å². The molecule has 0 radical (unpaired) electrons. The van der Waals surface area contributed by atoms with Gasteiger partial charge in [-0.25, -0.2) is 4.98 Å². The topological polar surface area (TPSA) is 69.8 Å². The Labute approximate surface area is 182 Å². The van der Waals surface area contributed by atoms with Crippen molar-refractivity contribution in [2.24, 2.45) is 11.3 Å². The molecular formula is C22H26Cl2N4O. The number of amides is 1. The molecule has 1 amide bonds. The van der Waals surface area contributed by atoms with E-state index < -0.39 is 0 Å². The zero-order valence-corrected chi connectivity index (χ0v) is 17.7. The molecule has 29 heavy (non-hydrogen) atoms. The number of H-pyrrole nitrogens is 1. The quantitative estimate of drug-likeness (QED) is 0.583. The van der Waals surface area contributed by atoms with Gasteiger partial charge in [0.15, 0.2) is 0 Å². The van der Waals surface area contributed by atoms with Crippen LogP contribution < -0.4 is 10.6 Å². The second-order valence-corrected chi connectivity index (χ2v) is 7.90. The molecule has 0 bridgehead atoms. The first-order valence-corrected chi connectivity index (χ1v) is 9.74. The third-order valence-electron chi connectivity index (χ3n) is 6.30. The third-order valence-corrected chi connectivity index (χ3v) is 6.30. The van der Waals surface area contributed by atoms with Crippen LogP contribution in [0.3, 0.4) is 0 Å². The molecule has 3 N–H and O–H groups in total. The van der Waals surface area contributed by atoms with Crippen molar-refractivity contribution in [1.82, 2.24) is 20.6 Å². The number of carbonyl (C=O) groups is 1. The molecule has 5 rings (SSSR count). The van der Waals surface area contributed by atoms with E-state index in [2.05, 4.69) is 44.9 Å². The number of hydrogen-bond acceptors (Lipinski definition) is 3. The molecule has 2 fully saturated rings. The second-order valence-electron chi connectivity index (χ2n) is 7.90. The highest BCUT2D eigenvalue weighted by Crippen LogP contribution is 2.58. The first-order valence-electron chi connectivity index (χ1n) is 9.74. The summed E-state index contributed by atoms with van der Waals surface area (Å²) in [6.45, 7) is 2.06. The molecule has 1 aliphatic heterocycles. The van der Waals surface area contributed by atoms with Gasteiger partial charge in [0.2, 0.25) is 5.91 Å². The molecule has 1 saturated heterocycles. The van der Waals surface area contributed by atoms with Crippen LogP contribution in [0.2, 0.25) is 0 Å². The van der Waals surface area contributed by atoms with Crippen LogP contribution in [0.5, 0.6) is 0 Å². The summed E-state index contributed by atoms with van der Waals surface area (Å²) >= 11 is 0. The highest BCUT2D eigenvalue weighted by atomic mass is 35.5. The van der Waals surface area contributed by atoms with Gasteiger partial charge in [-0.15, -0.1) is 24.8 Å². The standard InChI is InChI=1S/C22H24N4O.2ClH/c27-21(17-13-22(17)8-10-23-11-9-22)26-20(15-4-2-1-3-5-15)16-6-7-18-19(12-16)25-14-24-18;;/h1-7,12,14,17,20,23H,8-11,13H2,(H,24,25)(H,26,27);2*1H. The maximum atomic E-state index is 13.1. The highest BCUT2D eigenvalue weighted by molar-refractivity contribution is 5.86. The SMILES string of the molecule is Cl.Cl.O=C(NC(c1ccccc1)c1ccc2nc[nH]c2c1)C1CC12CCNCC2. The molecule has 7 heteroatoms. The summed E-state index contributed by atoms with van der Waals surface area (Å²) in [6, 6.07) is 16.2. The van der Waals surface area contributed by atoms with Crippen molar-refractivity contribution in [3.63, 3.8) is 0 Å². The summed E-state index contributed by atoms with van der Waals surface area (Å²) in [5.74, 6) is 0.345. The lowest BCUT2D eigenvalue weighted by atomic mass is 9.91. The van der Waals surface area contributed by atoms with E-state index in [1.54, 1.807) is 6.33 Å². The fourth-order valence-corrected chi connectivity index (χ4v) is 4.58. The van der Waals surface area contributed by atoms with Crippen LogP contribution in [0.4, 0.5) is 0 Å². The molecule has 154 valence electrons. The van der Waals surface area contributed by atoms with Crippen molar-refractivity contribution in [1.29, 1.82) is 0 Å². The molecule has 2 heterocycles. The van der Waals surface area contributed by atoms with Crippen molar-refractivity contribution in [2.75, 3.05) is 13.1 Å². The van der Waals surface area contributed by atoms with Gasteiger partial charge in [0.25, 0.3) is 0 Å². The van der Waals surface area contributed by atoms with E-state index in [-0.39, 0.29) is 48.1 Å². The van der Waals surface area contributed by atoms with Crippen molar-refractivity contribution >= 4 is 41.8 Å². The predicted molar refractivity (Wildman–Crippen MR) is 120 cm³/mol. The maximum absolute atomic E-state index is 13.1. The van der Waals surface area contributed by atoms with E-state index in [0.29, 0.717) is 0 Å². The summed E-state index contributed by atoms with van der Waals surface area (Å²) in [7, 11) is 0. The zero-order chi connectivity index (χ0) is 18.3. The Bertz CT molecular complexity index is 969. The number of aromatic amines is 1. The number of rotatable bonds is 4. The Morgan fingerprint density at radius 3 is 2.59 bits per heavy atom. The van der Waals surface area contributed by atoms with Crippen LogP contribution in [0.1, 0.15) is 36.4 Å². The Balaban J connectivity index is 0.00000120. The normalized spacial score (nSPS) is 20.3. The largest absolute Gasteiger partial charge is 0.345 e. The van der Waals surface area contributed by atoms with Gasteiger partial charge in [0, 0.05) is 5.92 Å². The molecular weight excluding hydrogens is 407 g/mol. The molecule has 1 spiro atoms. The molecule has 3 aromatic rings. The van der Waals surface area contributed by atoms with Crippen LogP contribution in [-0.4, -0.2) is 29.0 Å². The predicted octanol–water partition coefficient (Wildman–Crippen LogP) is 4.00. The van der Waals surface area contributed by atoms with Gasteiger partial charge in [-0.1, -0.05) is 36.4 Å². The monoisotopic (exact) mass is 432 g/mol. The van der Waals surface area contributed by atoms with Gasteiger partial charge < -0.3 is 15.6 Å². The number of nitrogens with one attached hydrogen (secondary N) is 3. The molecule has 2 atom stereocenters. The lowest BCUT2D eigenvalue weighted by Crippen LogP contribution is -2.35. The Morgan fingerprint density at radius 1 is 1.07 bits per heavy atom. The summed E-state index contributed by atoms with van der Waals surface area (Å²) in [4.78, 5) is 20.6. The molecule has 2 unspecified atom stereocenters. The molecule has 2 aromatic carbocycles. The van der Waals surface area contributed by atoms with Crippen LogP contribution in [0.15, 0.2) is 54.9 Å². The van der Waals surface area contributed by atoms with Crippen LogP contribution >= 0.6 is 24.8 Å². The van der Waals surface area contributed by atoms with Gasteiger partial charge >= 0.3 is 0 Å². The number of piperidine rings is 1. The minimum atomic E-state index is -0.147. The van der Waals surface area contributed by atoms with E-state index in [9.17, 15) is 4.79 Å². The number of aromatic nitrogens is 2. The van der Waals surface area contributed by atoms with Crippen molar-refractivity contribution < 1.29 is 4.79 Å². The first kappa shape index (κ1) is 21.6. The van der Waals surface area contributed by atoms with Crippen molar-refractivity contribution in [2.45, 2.75) is 25.3 Å². The lowest BCUT2D eigenvalue weighted by molar-refractivity contribution is -0.123. The molecule has 2 aliphatic rings. The number of carbonyl (C=O) groups excluding carboxylic acids is 1. The summed E-state index contributed by atoms with van der Waals surface area (Å²) in [6.07, 6.45) is 4.96. The summed E-state index contributed by atoms with van der Waals surface area (Å²) in [5.41, 5.74) is 4.34. The number of halogens is 2. The average molecular weight is 433 g/mol. The van der Waals surface area contributed by atoms with Crippen LogP contribution in [0.25, 0.3) is 11.0 Å². The van der Waals surface area contributed by atoms with Gasteiger partial charge in [-0.3, -0.25) is 4.79 Å². The average Bonchev–Trinajstić information content (AvgIpc) is 3.19. The Hall–Kier alpha value is -2.08. The maximum Gasteiger partial charge on any atom is 0.224 e. The lowest BCUT2D eigenvalue weighted by Gasteiger charge is -2.25. The van der Waals surface area contributed by atoms with Crippen LogP contribution in [0, 0.1) is 11.3 Å². The fourth-order valence-electron chi connectivity index (χ4n) is 4.58. The molecule has 5 nitrogen and oxygen atoms in total. The number of imidazole rings is 1. The number of benzene rings is 2.